The topological polar surface area (TPSA) is 75.3 Å². The second-order valence-corrected chi connectivity index (χ2v) is 14.4. The van der Waals surface area contributed by atoms with Crippen LogP contribution in [0.2, 0.25) is 0 Å². The summed E-state index contributed by atoms with van der Waals surface area (Å²) in [6.07, 6.45) is 9.25. The predicted octanol–water partition coefficient (Wildman–Crippen LogP) is 8.99. The number of sulfonamides is 1. The fourth-order valence-corrected chi connectivity index (χ4v) is 7.74. The summed E-state index contributed by atoms with van der Waals surface area (Å²) in [7, 11) is -4.04. The summed E-state index contributed by atoms with van der Waals surface area (Å²) in [5, 5.41) is 3.23. The Balaban J connectivity index is 1.79. The third-order valence-electron chi connectivity index (χ3n) is 8.36. The van der Waals surface area contributed by atoms with Crippen LogP contribution in [0, 0.1) is 0 Å². The molecule has 0 saturated heterocycles. The first-order valence-electron chi connectivity index (χ1n) is 15.9. The molecule has 234 valence electrons. The minimum absolute atomic E-state index is 0.00140. The second kappa shape index (κ2) is 15.0. The van der Waals surface area contributed by atoms with Gasteiger partial charge in [-0.15, -0.1) is 0 Å². The van der Waals surface area contributed by atoms with E-state index < -0.39 is 22.1 Å². The number of hydrogen-bond donors (Lipinski definition) is 2. The van der Waals surface area contributed by atoms with E-state index in [2.05, 4.69) is 54.2 Å². The van der Waals surface area contributed by atoms with E-state index in [-0.39, 0.29) is 23.7 Å². The molecule has 0 bridgehead atoms. The molecule has 5 nitrogen and oxygen atoms in total. The van der Waals surface area contributed by atoms with Crippen LogP contribution in [0.5, 0.6) is 0 Å². The molecule has 0 saturated carbocycles. The van der Waals surface area contributed by atoms with Gasteiger partial charge in [0.1, 0.15) is 0 Å². The first-order valence-corrected chi connectivity index (χ1v) is 17.4. The van der Waals surface area contributed by atoms with E-state index in [1.165, 1.54) is 5.57 Å². The molecular weight excluding hydrogens is 564 g/mol. The van der Waals surface area contributed by atoms with E-state index in [9.17, 15) is 13.2 Å². The number of carbonyl (C=O) groups is 1. The van der Waals surface area contributed by atoms with E-state index >= 15 is 0 Å². The van der Waals surface area contributed by atoms with Crippen molar-refractivity contribution in [3.63, 3.8) is 0 Å². The summed E-state index contributed by atoms with van der Waals surface area (Å²) >= 11 is 0. The lowest BCUT2D eigenvalue weighted by Gasteiger charge is -2.31. The van der Waals surface area contributed by atoms with Crippen molar-refractivity contribution in [3.8, 4) is 0 Å². The third kappa shape index (κ3) is 8.36. The molecule has 4 rings (SSSR count). The molecule has 44 heavy (non-hydrogen) atoms. The van der Waals surface area contributed by atoms with Crippen LogP contribution in [-0.4, -0.2) is 14.3 Å². The van der Waals surface area contributed by atoms with Crippen LogP contribution in [0.1, 0.15) is 125 Å². The van der Waals surface area contributed by atoms with Crippen molar-refractivity contribution in [2.75, 3.05) is 0 Å². The van der Waals surface area contributed by atoms with E-state index in [1.54, 1.807) is 0 Å². The minimum Gasteiger partial charge on any atom is -0.347 e. The van der Waals surface area contributed by atoms with Crippen molar-refractivity contribution in [2.45, 2.75) is 102 Å². The number of amides is 1. The number of nitrogens with one attached hydrogen (secondary N) is 2. The Kier molecular flexibility index (Phi) is 11.4. The summed E-state index contributed by atoms with van der Waals surface area (Å²) in [4.78, 5) is 13.8. The maximum atomic E-state index is 14.7. The quantitative estimate of drug-likeness (QED) is 0.189. The van der Waals surface area contributed by atoms with Crippen LogP contribution in [0.3, 0.4) is 0 Å². The molecule has 2 atom stereocenters. The van der Waals surface area contributed by atoms with Gasteiger partial charge in [-0.3, -0.25) is 4.79 Å². The third-order valence-corrected chi connectivity index (χ3v) is 9.93. The Labute approximate surface area is 264 Å². The van der Waals surface area contributed by atoms with Gasteiger partial charge < -0.3 is 5.32 Å². The molecule has 0 heterocycles. The molecule has 0 fully saturated rings. The van der Waals surface area contributed by atoms with Crippen LogP contribution in [0.15, 0.2) is 101 Å². The predicted molar refractivity (Wildman–Crippen MR) is 181 cm³/mol. The molecule has 1 aliphatic rings. The highest BCUT2D eigenvalue weighted by Gasteiger charge is 2.34. The van der Waals surface area contributed by atoms with Crippen molar-refractivity contribution in [1.29, 1.82) is 0 Å². The number of hydrogen-bond acceptors (Lipinski definition) is 3. The molecule has 0 radical (unpaired) electrons. The molecule has 1 amide bonds. The summed E-state index contributed by atoms with van der Waals surface area (Å²) < 4.78 is 32.4. The van der Waals surface area contributed by atoms with Crippen LogP contribution < -0.4 is 10.0 Å². The number of carbonyl (C=O) groups excluding carboxylic acids is 1. The van der Waals surface area contributed by atoms with Crippen molar-refractivity contribution in [3.05, 3.63) is 124 Å². The number of benzene rings is 3. The molecule has 1 unspecified atom stereocenters. The van der Waals surface area contributed by atoms with Gasteiger partial charge in [-0.2, -0.15) is 0 Å². The zero-order valence-electron chi connectivity index (χ0n) is 27.0. The Bertz CT molecular complexity index is 1540. The number of rotatable bonds is 13. The van der Waals surface area contributed by atoms with Gasteiger partial charge in [-0.25, -0.2) is 13.1 Å². The second-order valence-electron chi connectivity index (χ2n) is 12.7. The average molecular weight is 613 g/mol. The maximum Gasteiger partial charge on any atom is 0.241 e. The average Bonchev–Trinajstić information content (AvgIpc) is 3.02. The molecule has 6 heteroatoms. The van der Waals surface area contributed by atoms with Gasteiger partial charge in [0.25, 0.3) is 0 Å². The lowest BCUT2D eigenvalue weighted by molar-refractivity contribution is -0.122. The minimum atomic E-state index is -4.04. The van der Waals surface area contributed by atoms with Crippen LogP contribution in [-0.2, 0) is 14.8 Å². The Hall–Kier alpha value is -3.48. The highest BCUT2D eigenvalue weighted by Crippen LogP contribution is 2.37. The van der Waals surface area contributed by atoms with Crippen molar-refractivity contribution >= 4 is 15.9 Å². The van der Waals surface area contributed by atoms with Gasteiger partial charge in [0.05, 0.1) is 17.0 Å². The smallest absolute Gasteiger partial charge is 0.241 e. The summed E-state index contributed by atoms with van der Waals surface area (Å²) in [6, 6.07) is 22.0. The molecule has 3 aromatic rings. The highest BCUT2D eigenvalue weighted by molar-refractivity contribution is 7.89. The highest BCUT2D eigenvalue weighted by atomic mass is 32.2. The van der Waals surface area contributed by atoms with E-state index in [0.29, 0.717) is 17.7 Å². The Morgan fingerprint density at radius 2 is 1.27 bits per heavy atom. The van der Waals surface area contributed by atoms with Gasteiger partial charge in [-0.1, -0.05) is 138 Å². The molecular formula is C38H48N2O3S. The molecule has 0 aromatic heterocycles. The molecule has 1 aliphatic carbocycles. The zero-order chi connectivity index (χ0) is 31.9. The monoisotopic (exact) mass is 612 g/mol. The molecule has 3 aromatic carbocycles. The van der Waals surface area contributed by atoms with Gasteiger partial charge in [0, 0.05) is 6.42 Å². The van der Waals surface area contributed by atoms with Crippen molar-refractivity contribution < 1.29 is 13.2 Å². The summed E-state index contributed by atoms with van der Waals surface area (Å²) in [6.45, 7) is 12.4. The normalized spacial score (nSPS) is 15.0. The lowest BCUT2D eigenvalue weighted by atomic mass is 9.89. The van der Waals surface area contributed by atoms with Gasteiger partial charge in [0.2, 0.25) is 15.9 Å². The summed E-state index contributed by atoms with van der Waals surface area (Å²) in [5.41, 5.74) is 5.63. The standard InChI is InChI=1S/C38H48N2O3S/c1-26(2)32-24-33(27(3)4)38(34(25-32)28(5)6)44(42,43)40-37(31-20-14-9-15-21-31)36(30-18-12-8-13-19-30)39-35(41)23-22-29-16-10-7-11-17-29/h7-10,12-15,17-21,24-28,36-37,40H,11,16,22-23H2,1-6H3,(H,39,41)/t36-,37?/m1/s1. The lowest BCUT2D eigenvalue weighted by Crippen LogP contribution is -2.41. The van der Waals surface area contributed by atoms with Crippen molar-refractivity contribution in [2.24, 2.45) is 0 Å². The largest absolute Gasteiger partial charge is 0.347 e. The fourth-order valence-electron chi connectivity index (χ4n) is 5.81. The van der Waals surface area contributed by atoms with Gasteiger partial charge in [-0.05, 0) is 64.8 Å². The van der Waals surface area contributed by atoms with E-state index in [4.69, 9.17) is 0 Å². The van der Waals surface area contributed by atoms with Gasteiger partial charge in [0.15, 0.2) is 0 Å². The first kappa shape index (κ1) is 33.4. The maximum absolute atomic E-state index is 14.7. The SMILES string of the molecule is CC(C)c1cc(C(C)C)c(S(=O)(=O)NC(c2ccccc2)[C@H](NC(=O)CCC2=CCC=CC2)c2ccccc2)c(C(C)C)c1. The van der Waals surface area contributed by atoms with Crippen LogP contribution >= 0.6 is 0 Å². The Morgan fingerprint density at radius 3 is 1.75 bits per heavy atom. The van der Waals surface area contributed by atoms with E-state index in [0.717, 1.165) is 40.7 Å². The first-order chi connectivity index (χ1) is 21.0. The van der Waals surface area contributed by atoms with Crippen molar-refractivity contribution in [1.82, 2.24) is 10.0 Å². The molecule has 0 spiro atoms. The van der Waals surface area contributed by atoms with Crippen LogP contribution in [0.4, 0.5) is 0 Å². The molecule has 2 N–H and O–H groups in total. The summed E-state index contributed by atoms with van der Waals surface area (Å²) in [5.74, 6) is 0.161. The number of allylic oxidation sites excluding steroid dienone is 4. The molecule has 0 aliphatic heterocycles. The zero-order valence-corrected chi connectivity index (χ0v) is 27.8. The Morgan fingerprint density at radius 1 is 0.727 bits per heavy atom. The van der Waals surface area contributed by atoms with E-state index in [1.807, 2.05) is 88.4 Å². The van der Waals surface area contributed by atoms with Crippen LogP contribution in [0.25, 0.3) is 0 Å². The van der Waals surface area contributed by atoms with Gasteiger partial charge >= 0.3 is 0 Å². The fraction of sp³-hybridized carbons (Fsp3) is 0.395.